The van der Waals surface area contributed by atoms with E-state index in [1.54, 1.807) is 23.1 Å². The number of benzene rings is 1. The third-order valence-corrected chi connectivity index (χ3v) is 4.60. The second-order valence-corrected chi connectivity index (χ2v) is 5.91. The maximum Gasteiger partial charge on any atom is 0.137 e. The lowest BCUT2D eigenvalue weighted by molar-refractivity contribution is -0.316. The molecule has 2 atom stereocenters. The standard InChI is InChI=1S/C15H18FN3O/c1-11-14(2,3)15(20-11,8-19-10-17-9-18-19)12-4-6-13(16)7-5-12/h4-7,9-11H,8H2,1-3H3. The predicted octanol–water partition coefficient (Wildman–Crippen LogP) is 2.76. The van der Waals surface area contributed by atoms with Crippen LogP contribution >= 0.6 is 0 Å². The number of aromatic nitrogens is 3. The molecule has 0 aliphatic carbocycles. The molecule has 1 aromatic carbocycles. The lowest BCUT2D eigenvalue weighted by Crippen LogP contribution is -2.64. The van der Waals surface area contributed by atoms with Gasteiger partial charge in [-0.1, -0.05) is 26.0 Å². The summed E-state index contributed by atoms with van der Waals surface area (Å²) < 4.78 is 21.1. The predicted molar refractivity (Wildman–Crippen MR) is 72.4 cm³/mol. The molecule has 1 saturated heterocycles. The van der Waals surface area contributed by atoms with Crippen LogP contribution in [0.2, 0.25) is 0 Å². The van der Waals surface area contributed by atoms with Gasteiger partial charge in [0.1, 0.15) is 24.1 Å². The van der Waals surface area contributed by atoms with Crippen molar-refractivity contribution in [1.29, 1.82) is 0 Å². The average molecular weight is 275 g/mol. The third kappa shape index (κ3) is 1.77. The Bertz CT molecular complexity index is 594. The zero-order valence-corrected chi connectivity index (χ0v) is 11.9. The molecule has 4 nitrogen and oxygen atoms in total. The quantitative estimate of drug-likeness (QED) is 0.864. The van der Waals surface area contributed by atoms with Crippen LogP contribution in [0.3, 0.4) is 0 Å². The fourth-order valence-electron chi connectivity index (χ4n) is 2.91. The van der Waals surface area contributed by atoms with E-state index in [4.69, 9.17) is 4.74 Å². The molecule has 1 aliphatic rings. The van der Waals surface area contributed by atoms with E-state index in [-0.39, 0.29) is 17.3 Å². The highest BCUT2D eigenvalue weighted by atomic mass is 19.1. The number of ether oxygens (including phenoxy) is 1. The molecule has 0 bridgehead atoms. The zero-order chi connectivity index (χ0) is 14.4. The van der Waals surface area contributed by atoms with Crippen LogP contribution in [0, 0.1) is 11.2 Å². The minimum Gasteiger partial charge on any atom is -0.364 e. The van der Waals surface area contributed by atoms with Gasteiger partial charge in [-0.05, 0) is 24.6 Å². The maximum atomic E-state index is 13.2. The van der Waals surface area contributed by atoms with Crippen molar-refractivity contribution in [1.82, 2.24) is 14.8 Å². The smallest absolute Gasteiger partial charge is 0.137 e. The van der Waals surface area contributed by atoms with Crippen molar-refractivity contribution in [2.45, 2.75) is 39.0 Å². The minimum atomic E-state index is -0.506. The molecule has 5 heteroatoms. The topological polar surface area (TPSA) is 39.9 Å². The largest absolute Gasteiger partial charge is 0.364 e. The van der Waals surface area contributed by atoms with Gasteiger partial charge in [0.2, 0.25) is 0 Å². The lowest BCUT2D eigenvalue weighted by atomic mass is 9.62. The highest BCUT2D eigenvalue weighted by Crippen LogP contribution is 2.56. The van der Waals surface area contributed by atoms with E-state index in [0.29, 0.717) is 6.54 Å². The molecule has 0 N–H and O–H groups in total. The molecular formula is C15H18FN3O. The first-order valence-electron chi connectivity index (χ1n) is 6.72. The Kier molecular flexibility index (Phi) is 2.90. The summed E-state index contributed by atoms with van der Waals surface area (Å²) in [5.74, 6) is -0.241. The summed E-state index contributed by atoms with van der Waals surface area (Å²) >= 11 is 0. The molecule has 1 fully saturated rings. The Morgan fingerprint density at radius 1 is 1.30 bits per heavy atom. The van der Waals surface area contributed by atoms with E-state index in [1.165, 1.54) is 18.5 Å². The Hall–Kier alpha value is -1.75. The van der Waals surface area contributed by atoms with Gasteiger partial charge < -0.3 is 4.74 Å². The van der Waals surface area contributed by atoms with Gasteiger partial charge in [0.15, 0.2) is 0 Å². The monoisotopic (exact) mass is 275 g/mol. The summed E-state index contributed by atoms with van der Waals surface area (Å²) in [4.78, 5) is 3.98. The molecule has 0 spiro atoms. The van der Waals surface area contributed by atoms with E-state index in [2.05, 4.69) is 30.9 Å². The van der Waals surface area contributed by atoms with E-state index in [9.17, 15) is 4.39 Å². The molecule has 1 aliphatic heterocycles. The number of hydrogen-bond acceptors (Lipinski definition) is 3. The van der Waals surface area contributed by atoms with Crippen molar-refractivity contribution >= 4 is 0 Å². The Balaban J connectivity index is 2.03. The van der Waals surface area contributed by atoms with Gasteiger partial charge >= 0.3 is 0 Å². The van der Waals surface area contributed by atoms with Crippen molar-refractivity contribution in [3.63, 3.8) is 0 Å². The van der Waals surface area contributed by atoms with Gasteiger partial charge in [-0.2, -0.15) is 5.10 Å². The third-order valence-electron chi connectivity index (χ3n) is 4.60. The summed E-state index contributed by atoms with van der Waals surface area (Å²) in [7, 11) is 0. The van der Waals surface area contributed by atoms with Crippen LogP contribution in [0.1, 0.15) is 26.3 Å². The van der Waals surface area contributed by atoms with Crippen LogP contribution in [0.4, 0.5) is 4.39 Å². The van der Waals surface area contributed by atoms with E-state index in [0.717, 1.165) is 5.56 Å². The second-order valence-electron chi connectivity index (χ2n) is 5.91. The van der Waals surface area contributed by atoms with Crippen LogP contribution < -0.4 is 0 Å². The fourth-order valence-corrected chi connectivity index (χ4v) is 2.91. The van der Waals surface area contributed by atoms with Crippen molar-refractivity contribution in [2.24, 2.45) is 5.41 Å². The zero-order valence-electron chi connectivity index (χ0n) is 11.9. The SMILES string of the molecule is CC1OC(Cn2cncn2)(c2ccc(F)cc2)C1(C)C. The molecule has 1 aromatic heterocycles. The number of halogens is 1. The van der Waals surface area contributed by atoms with Gasteiger partial charge in [-0.15, -0.1) is 0 Å². The highest BCUT2D eigenvalue weighted by molar-refractivity contribution is 5.29. The fraction of sp³-hybridized carbons (Fsp3) is 0.467. The van der Waals surface area contributed by atoms with Crippen LogP contribution in [-0.2, 0) is 16.9 Å². The number of rotatable bonds is 3. The molecule has 0 radical (unpaired) electrons. The van der Waals surface area contributed by atoms with Crippen LogP contribution in [0.25, 0.3) is 0 Å². The Morgan fingerprint density at radius 2 is 2.00 bits per heavy atom. The summed E-state index contributed by atoms with van der Waals surface area (Å²) in [6.07, 6.45) is 3.32. The number of hydrogen-bond donors (Lipinski definition) is 0. The first-order valence-corrected chi connectivity index (χ1v) is 6.72. The van der Waals surface area contributed by atoms with E-state index in [1.807, 2.05) is 0 Å². The van der Waals surface area contributed by atoms with Crippen molar-refractivity contribution < 1.29 is 9.13 Å². The van der Waals surface area contributed by atoms with Gasteiger partial charge in [0, 0.05) is 5.41 Å². The van der Waals surface area contributed by atoms with Gasteiger partial charge in [-0.3, -0.25) is 0 Å². The average Bonchev–Trinajstić information content (AvgIpc) is 2.91. The molecule has 2 heterocycles. The highest BCUT2D eigenvalue weighted by Gasteiger charge is 2.61. The van der Waals surface area contributed by atoms with E-state index < -0.39 is 5.60 Å². The molecule has 20 heavy (non-hydrogen) atoms. The van der Waals surface area contributed by atoms with Crippen LogP contribution in [0.15, 0.2) is 36.9 Å². The molecule has 106 valence electrons. The van der Waals surface area contributed by atoms with Crippen molar-refractivity contribution in [3.8, 4) is 0 Å². The van der Waals surface area contributed by atoms with Gasteiger partial charge in [0.25, 0.3) is 0 Å². The lowest BCUT2D eigenvalue weighted by Gasteiger charge is -2.60. The van der Waals surface area contributed by atoms with Crippen molar-refractivity contribution in [2.75, 3.05) is 0 Å². The molecule has 3 rings (SSSR count). The molecular weight excluding hydrogens is 257 g/mol. The maximum absolute atomic E-state index is 13.2. The first-order chi connectivity index (χ1) is 9.46. The number of nitrogens with zero attached hydrogens (tertiary/aromatic N) is 3. The normalized spacial score (nSPS) is 28.1. The minimum absolute atomic E-state index is 0.0726. The van der Waals surface area contributed by atoms with Crippen LogP contribution in [0.5, 0.6) is 0 Å². The Morgan fingerprint density at radius 3 is 2.50 bits per heavy atom. The summed E-state index contributed by atoms with van der Waals surface area (Å²) in [6, 6.07) is 6.53. The molecule has 2 aromatic rings. The summed E-state index contributed by atoms with van der Waals surface area (Å²) in [6.45, 7) is 6.96. The summed E-state index contributed by atoms with van der Waals surface area (Å²) in [5.41, 5.74) is 0.391. The molecule has 0 amide bonds. The van der Waals surface area contributed by atoms with E-state index >= 15 is 0 Å². The Labute approximate surface area is 117 Å². The van der Waals surface area contributed by atoms with Gasteiger partial charge in [-0.25, -0.2) is 14.1 Å². The molecule has 2 unspecified atom stereocenters. The summed E-state index contributed by atoms with van der Waals surface area (Å²) in [5, 5.41) is 4.17. The van der Waals surface area contributed by atoms with Gasteiger partial charge in [0.05, 0.1) is 12.6 Å². The van der Waals surface area contributed by atoms with Crippen molar-refractivity contribution in [3.05, 3.63) is 48.3 Å². The first kappa shape index (κ1) is 13.2. The second kappa shape index (κ2) is 4.38. The molecule has 0 saturated carbocycles. The van der Waals surface area contributed by atoms with Crippen LogP contribution in [-0.4, -0.2) is 20.9 Å².